The van der Waals surface area contributed by atoms with Crippen molar-refractivity contribution < 1.29 is 39.5 Å². The minimum absolute atomic E-state index is 0.325. The van der Waals surface area contributed by atoms with Gasteiger partial charge >= 0.3 is 5.51 Å². The summed E-state index contributed by atoms with van der Waals surface area (Å²) < 4.78 is 109. The van der Waals surface area contributed by atoms with Crippen LogP contribution in [0.5, 0.6) is 0 Å². The second-order valence-corrected chi connectivity index (χ2v) is 9.65. The van der Waals surface area contributed by atoms with E-state index in [0.717, 1.165) is 44.2 Å². The molecule has 0 radical (unpaired) electrons. The lowest BCUT2D eigenvalue weighted by molar-refractivity contribution is -0.0678. The lowest BCUT2D eigenvalue weighted by Crippen LogP contribution is -2.29. The number of sulfone groups is 1. The predicted molar refractivity (Wildman–Crippen MR) is 100 cm³/mol. The molecule has 0 amide bonds. The van der Waals surface area contributed by atoms with E-state index in [9.17, 15) is 34.8 Å². The molecule has 1 aromatic carbocycles. The first-order chi connectivity index (χ1) is 14.3. The molecule has 1 fully saturated rings. The summed E-state index contributed by atoms with van der Waals surface area (Å²) in [6.07, 6.45) is 6.92. The van der Waals surface area contributed by atoms with Crippen LogP contribution in [0.15, 0.2) is 70.7 Å². The molecule has 1 aromatic rings. The van der Waals surface area contributed by atoms with E-state index in [1.165, 1.54) is 12.1 Å². The Kier molecular flexibility index (Phi) is 4.82. The van der Waals surface area contributed by atoms with Crippen LogP contribution in [0.4, 0.5) is 26.3 Å². The quantitative estimate of drug-likeness (QED) is 0.424. The molecule has 4 rings (SSSR count). The monoisotopic (exact) mass is 462 g/mol. The van der Waals surface area contributed by atoms with Gasteiger partial charge in [-0.15, -0.1) is 0 Å². The number of allylic oxidation sites excluding steroid dienone is 6. The van der Waals surface area contributed by atoms with Crippen molar-refractivity contribution in [2.45, 2.75) is 29.1 Å². The first-order valence-electron chi connectivity index (χ1n) is 9.20. The summed E-state index contributed by atoms with van der Waals surface area (Å²) in [6.45, 7) is 0. The first-order valence-corrected chi connectivity index (χ1v) is 10.7. The van der Waals surface area contributed by atoms with Crippen molar-refractivity contribution in [1.82, 2.24) is 0 Å². The van der Waals surface area contributed by atoms with Crippen molar-refractivity contribution in [3.05, 3.63) is 71.4 Å². The third kappa shape index (κ3) is 3.45. The SMILES string of the molecule is COC1(F)C=CC(C2=CC3(C=C2c2ccc(S(=O)(=O)C(F)(F)F)cc2)CC3)C(F)=C1F. The number of alkyl halides is 4. The van der Waals surface area contributed by atoms with Gasteiger partial charge in [0.05, 0.1) is 10.8 Å². The fraction of sp³-hybridized carbons (Fsp3) is 0.333. The van der Waals surface area contributed by atoms with E-state index < -0.39 is 43.7 Å². The Labute approximate surface area is 174 Å². The van der Waals surface area contributed by atoms with Crippen LogP contribution in [-0.2, 0) is 14.6 Å². The summed E-state index contributed by atoms with van der Waals surface area (Å²) >= 11 is 0. The van der Waals surface area contributed by atoms with E-state index in [-0.39, 0.29) is 5.41 Å². The van der Waals surface area contributed by atoms with Gasteiger partial charge in [0, 0.05) is 12.5 Å². The van der Waals surface area contributed by atoms with Gasteiger partial charge in [0.1, 0.15) is 5.83 Å². The molecule has 0 saturated heterocycles. The number of hydrogen-bond donors (Lipinski definition) is 0. The normalized spacial score (nSPS) is 27.5. The van der Waals surface area contributed by atoms with Gasteiger partial charge in [-0.1, -0.05) is 30.4 Å². The lowest BCUT2D eigenvalue weighted by atomic mass is 9.86. The molecule has 31 heavy (non-hydrogen) atoms. The highest BCUT2D eigenvalue weighted by Gasteiger charge is 2.48. The number of benzene rings is 1. The zero-order chi connectivity index (χ0) is 22.8. The minimum atomic E-state index is -5.51. The van der Waals surface area contributed by atoms with Crippen LogP contribution < -0.4 is 0 Å². The summed E-state index contributed by atoms with van der Waals surface area (Å²) in [5, 5.41) is 0. The average molecular weight is 462 g/mol. The Bertz CT molecular complexity index is 1150. The van der Waals surface area contributed by atoms with Crippen LogP contribution in [-0.4, -0.2) is 26.9 Å². The van der Waals surface area contributed by atoms with Crippen LogP contribution in [0.2, 0.25) is 0 Å². The maximum Gasteiger partial charge on any atom is 0.501 e. The van der Waals surface area contributed by atoms with Crippen molar-refractivity contribution in [3.63, 3.8) is 0 Å². The molecule has 166 valence electrons. The molecular formula is C21H16F6O3S. The molecule has 2 atom stereocenters. The highest BCUT2D eigenvalue weighted by Crippen LogP contribution is 2.58. The van der Waals surface area contributed by atoms with E-state index in [2.05, 4.69) is 4.74 Å². The molecule has 1 saturated carbocycles. The summed E-state index contributed by atoms with van der Waals surface area (Å²) in [5.74, 6) is -7.32. The smallest absolute Gasteiger partial charge is 0.341 e. The zero-order valence-corrected chi connectivity index (χ0v) is 16.8. The van der Waals surface area contributed by atoms with Gasteiger partial charge in [-0.2, -0.15) is 17.6 Å². The zero-order valence-electron chi connectivity index (χ0n) is 16.0. The van der Waals surface area contributed by atoms with Crippen LogP contribution in [0.1, 0.15) is 18.4 Å². The largest absolute Gasteiger partial charge is 0.501 e. The van der Waals surface area contributed by atoms with Crippen molar-refractivity contribution in [3.8, 4) is 0 Å². The van der Waals surface area contributed by atoms with E-state index in [1.807, 2.05) is 0 Å². The molecule has 2 unspecified atom stereocenters. The van der Waals surface area contributed by atoms with Gasteiger partial charge in [0.15, 0.2) is 0 Å². The Balaban J connectivity index is 1.72. The highest BCUT2D eigenvalue weighted by molar-refractivity contribution is 7.92. The summed E-state index contributed by atoms with van der Waals surface area (Å²) in [5.41, 5.74) is -4.73. The molecule has 0 aromatic heterocycles. The second-order valence-electron chi connectivity index (χ2n) is 7.71. The molecule has 0 N–H and O–H groups in total. The van der Waals surface area contributed by atoms with Gasteiger partial charge in [-0.05, 0) is 47.8 Å². The molecule has 3 aliphatic rings. The molecule has 0 heterocycles. The van der Waals surface area contributed by atoms with Crippen LogP contribution in [0.25, 0.3) is 5.57 Å². The fourth-order valence-electron chi connectivity index (χ4n) is 3.76. The van der Waals surface area contributed by atoms with Crippen molar-refractivity contribution in [2.24, 2.45) is 11.3 Å². The molecule has 3 aliphatic carbocycles. The van der Waals surface area contributed by atoms with E-state index in [1.54, 1.807) is 12.2 Å². The molecule has 0 aliphatic heterocycles. The minimum Gasteiger partial charge on any atom is -0.341 e. The topological polar surface area (TPSA) is 43.4 Å². The molecule has 0 bridgehead atoms. The summed E-state index contributed by atoms with van der Waals surface area (Å²) in [4.78, 5) is -0.925. The average Bonchev–Trinajstić information content (AvgIpc) is 3.37. The van der Waals surface area contributed by atoms with Gasteiger partial charge < -0.3 is 4.74 Å². The fourth-order valence-corrected chi connectivity index (χ4v) is 4.52. The molecule has 3 nitrogen and oxygen atoms in total. The maximum absolute atomic E-state index is 14.7. The highest BCUT2D eigenvalue weighted by atomic mass is 32.2. The Morgan fingerprint density at radius 2 is 1.68 bits per heavy atom. The van der Waals surface area contributed by atoms with Crippen molar-refractivity contribution in [1.29, 1.82) is 0 Å². The third-order valence-electron chi connectivity index (χ3n) is 5.71. The van der Waals surface area contributed by atoms with Gasteiger partial charge in [-0.3, -0.25) is 0 Å². The molecule has 1 spiro atoms. The van der Waals surface area contributed by atoms with Crippen molar-refractivity contribution >= 4 is 15.4 Å². The Morgan fingerprint density at radius 3 is 2.19 bits per heavy atom. The molecule has 10 heteroatoms. The predicted octanol–water partition coefficient (Wildman–Crippen LogP) is 5.73. The van der Waals surface area contributed by atoms with E-state index in [4.69, 9.17) is 0 Å². The second kappa shape index (κ2) is 6.83. The third-order valence-corrected chi connectivity index (χ3v) is 7.21. The first kappa shape index (κ1) is 21.9. The number of hydrogen-bond acceptors (Lipinski definition) is 3. The maximum atomic E-state index is 14.7. The van der Waals surface area contributed by atoms with Crippen LogP contribution in [0.3, 0.4) is 0 Å². The number of methoxy groups -OCH3 is 1. The van der Waals surface area contributed by atoms with E-state index in [0.29, 0.717) is 16.7 Å². The van der Waals surface area contributed by atoms with Gasteiger partial charge in [-0.25, -0.2) is 17.2 Å². The summed E-state index contributed by atoms with van der Waals surface area (Å²) in [7, 11) is -4.61. The molecular weight excluding hydrogens is 446 g/mol. The number of halogens is 6. The standard InChI is InChI=1S/C21H16F6O3S/c1-30-20(24)7-6-14(17(22)18(20)23)16-11-19(8-9-19)10-15(16)12-2-4-13(5-3-12)31(28,29)21(25,26)27/h2-7,10-11,14H,8-9H2,1H3. The van der Waals surface area contributed by atoms with Gasteiger partial charge in [0.2, 0.25) is 5.83 Å². The van der Waals surface area contributed by atoms with Crippen LogP contribution in [0, 0.1) is 11.3 Å². The van der Waals surface area contributed by atoms with Crippen molar-refractivity contribution in [2.75, 3.05) is 7.11 Å². The summed E-state index contributed by atoms with van der Waals surface area (Å²) in [6, 6.07) is 3.99. The van der Waals surface area contributed by atoms with Crippen LogP contribution >= 0.6 is 0 Å². The number of ether oxygens (including phenoxy) is 1. The Hall–Kier alpha value is -2.33. The lowest BCUT2D eigenvalue weighted by Gasteiger charge is -2.27. The number of rotatable bonds is 4. The van der Waals surface area contributed by atoms with E-state index >= 15 is 0 Å². The Morgan fingerprint density at radius 1 is 1.06 bits per heavy atom. The van der Waals surface area contributed by atoms with Gasteiger partial charge in [0.25, 0.3) is 15.7 Å².